The standard InChI is InChI=1S/C28H29N5S/c1-18-10-9-11-19(2)26(18)33-20(3)16-23(21(33)4)27-25(24-13-6-8-15-30-24)31-28(34)32(27)17-22-12-5-7-14-29-22/h5-16,25,27H,17H2,1-4H3,(H,31,34)/t25-,27-/m1/s1. The molecule has 0 amide bonds. The molecule has 2 atom stereocenters. The first-order chi connectivity index (χ1) is 16.5. The van der Waals surface area contributed by atoms with Crippen molar-refractivity contribution < 1.29 is 0 Å². The number of benzene rings is 1. The molecule has 1 aromatic carbocycles. The molecule has 0 radical (unpaired) electrons. The van der Waals surface area contributed by atoms with Crippen LogP contribution in [0.2, 0.25) is 0 Å². The minimum absolute atomic E-state index is 0.00585. The molecule has 0 unspecified atom stereocenters. The summed E-state index contributed by atoms with van der Waals surface area (Å²) in [5.41, 5.74) is 9.43. The third-order valence-corrected chi connectivity index (χ3v) is 7.06. The highest BCUT2D eigenvalue weighted by Gasteiger charge is 2.41. The van der Waals surface area contributed by atoms with E-state index in [0.717, 1.165) is 16.5 Å². The van der Waals surface area contributed by atoms with Gasteiger partial charge in [0.1, 0.15) is 0 Å². The van der Waals surface area contributed by atoms with E-state index in [0.29, 0.717) is 6.54 Å². The van der Waals surface area contributed by atoms with Gasteiger partial charge in [-0.2, -0.15) is 0 Å². The maximum Gasteiger partial charge on any atom is 0.170 e. The molecule has 172 valence electrons. The zero-order chi connectivity index (χ0) is 23.8. The highest BCUT2D eigenvalue weighted by atomic mass is 32.1. The Morgan fingerprint density at radius 1 is 0.882 bits per heavy atom. The van der Waals surface area contributed by atoms with Crippen LogP contribution in [0.4, 0.5) is 0 Å². The molecule has 6 heteroatoms. The van der Waals surface area contributed by atoms with Crippen LogP contribution in [0.25, 0.3) is 5.69 Å². The van der Waals surface area contributed by atoms with Gasteiger partial charge in [-0.3, -0.25) is 9.97 Å². The Bertz CT molecular complexity index is 1310. The second-order valence-electron chi connectivity index (χ2n) is 8.98. The van der Waals surface area contributed by atoms with Crippen molar-refractivity contribution in [3.8, 4) is 5.69 Å². The minimum Gasteiger partial charge on any atom is -0.352 e. The quantitative estimate of drug-likeness (QED) is 0.383. The normalized spacial score (nSPS) is 17.8. The van der Waals surface area contributed by atoms with E-state index >= 15 is 0 Å². The van der Waals surface area contributed by atoms with Crippen molar-refractivity contribution in [1.29, 1.82) is 0 Å². The van der Waals surface area contributed by atoms with Crippen LogP contribution in [0.1, 0.15) is 51.5 Å². The minimum atomic E-state index is -0.0515. The van der Waals surface area contributed by atoms with Gasteiger partial charge >= 0.3 is 0 Å². The van der Waals surface area contributed by atoms with E-state index in [1.807, 2.05) is 42.7 Å². The number of hydrogen-bond acceptors (Lipinski definition) is 3. The van der Waals surface area contributed by atoms with Crippen LogP contribution < -0.4 is 5.32 Å². The van der Waals surface area contributed by atoms with Crippen LogP contribution in [0.15, 0.2) is 73.1 Å². The van der Waals surface area contributed by atoms with Gasteiger partial charge in [-0.1, -0.05) is 30.3 Å². The molecular formula is C28H29N5S. The second kappa shape index (κ2) is 9.03. The molecule has 5 nitrogen and oxygen atoms in total. The van der Waals surface area contributed by atoms with E-state index < -0.39 is 0 Å². The van der Waals surface area contributed by atoms with Crippen LogP contribution in [0.5, 0.6) is 0 Å². The summed E-state index contributed by atoms with van der Waals surface area (Å²) >= 11 is 5.86. The summed E-state index contributed by atoms with van der Waals surface area (Å²) in [5, 5.41) is 4.29. The fraction of sp³-hybridized carbons (Fsp3) is 0.250. The highest BCUT2D eigenvalue weighted by Crippen LogP contribution is 2.42. The topological polar surface area (TPSA) is 46.0 Å². The molecule has 4 aromatic rings. The molecule has 1 aliphatic heterocycles. The molecule has 5 rings (SSSR count). The average Bonchev–Trinajstić information content (AvgIpc) is 3.31. The van der Waals surface area contributed by atoms with E-state index in [1.54, 1.807) is 0 Å². The predicted octanol–water partition coefficient (Wildman–Crippen LogP) is 5.67. The molecule has 0 saturated carbocycles. The molecule has 1 aliphatic rings. The number of aryl methyl sites for hydroxylation is 3. The van der Waals surface area contributed by atoms with E-state index in [2.05, 4.69) is 82.8 Å². The van der Waals surface area contributed by atoms with Crippen molar-refractivity contribution in [2.45, 2.75) is 46.3 Å². The number of thiocarbonyl (C=S) groups is 1. The Morgan fingerprint density at radius 3 is 2.24 bits per heavy atom. The van der Waals surface area contributed by atoms with Gasteiger partial charge in [0.2, 0.25) is 0 Å². The number of hydrogen-bond donors (Lipinski definition) is 1. The van der Waals surface area contributed by atoms with Gasteiger partial charge in [-0.05, 0) is 86.9 Å². The average molecular weight is 468 g/mol. The Kier molecular flexibility index (Phi) is 5.92. The number of para-hydroxylation sites is 1. The number of aromatic nitrogens is 3. The molecule has 4 heterocycles. The van der Waals surface area contributed by atoms with Crippen LogP contribution in [0.3, 0.4) is 0 Å². The zero-order valence-corrected chi connectivity index (χ0v) is 20.8. The molecule has 3 aromatic heterocycles. The summed E-state index contributed by atoms with van der Waals surface area (Å²) in [7, 11) is 0. The molecule has 0 bridgehead atoms. The lowest BCUT2D eigenvalue weighted by Gasteiger charge is -2.28. The lowest BCUT2D eigenvalue weighted by Crippen LogP contribution is -2.29. The molecule has 34 heavy (non-hydrogen) atoms. The van der Waals surface area contributed by atoms with Crippen LogP contribution in [-0.2, 0) is 6.54 Å². The number of nitrogens with zero attached hydrogens (tertiary/aromatic N) is 4. The predicted molar refractivity (Wildman–Crippen MR) is 140 cm³/mol. The first-order valence-corrected chi connectivity index (χ1v) is 12.0. The zero-order valence-electron chi connectivity index (χ0n) is 20.0. The van der Waals surface area contributed by atoms with Crippen molar-refractivity contribution in [2.75, 3.05) is 0 Å². The lowest BCUT2D eigenvalue weighted by atomic mass is 9.96. The maximum absolute atomic E-state index is 5.86. The monoisotopic (exact) mass is 467 g/mol. The lowest BCUT2D eigenvalue weighted by molar-refractivity contribution is 0.307. The Morgan fingerprint density at radius 2 is 1.59 bits per heavy atom. The van der Waals surface area contributed by atoms with E-state index in [-0.39, 0.29) is 12.1 Å². The second-order valence-corrected chi connectivity index (χ2v) is 9.36. The Hall–Kier alpha value is -3.51. The number of nitrogens with one attached hydrogen (secondary N) is 1. The van der Waals surface area contributed by atoms with Crippen molar-refractivity contribution in [3.63, 3.8) is 0 Å². The molecule has 1 fully saturated rings. The van der Waals surface area contributed by atoms with Crippen molar-refractivity contribution in [3.05, 3.63) is 113 Å². The van der Waals surface area contributed by atoms with Gasteiger partial charge in [0.15, 0.2) is 5.11 Å². The summed E-state index contributed by atoms with van der Waals surface area (Å²) in [6.07, 6.45) is 3.68. The summed E-state index contributed by atoms with van der Waals surface area (Å²) in [4.78, 5) is 11.5. The first kappa shape index (κ1) is 22.3. The van der Waals surface area contributed by atoms with Gasteiger partial charge in [-0.25, -0.2) is 0 Å². The van der Waals surface area contributed by atoms with Gasteiger partial charge in [0.25, 0.3) is 0 Å². The Balaban J connectivity index is 1.65. The number of rotatable bonds is 5. The van der Waals surface area contributed by atoms with Crippen LogP contribution in [-0.4, -0.2) is 24.5 Å². The molecular weight excluding hydrogens is 438 g/mol. The summed E-state index contributed by atoms with van der Waals surface area (Å²) in [6.45, 7) is 9.38. The SMILES string of the molecule is Cc1cccc(C)c1-n1c(C)cc([C@@H]2[C@@H](c3ccccn3)NC(=S)N2Cc2ccccn2)c1C. The largest absolute Gasteiger partial charge is 0.352 e. The molecule has 0 aliphatic carbocycles. The van der Waals surface area contributed by atoms with Crippen LogP contribution >= 0.6 is 12.2 Å². The van der Waals surface area contributed by atoms with Crippen molar-refractivity contribution >= 4 is 17.3 Å². The van der Waals surface area contributed by atoms with Crippen molar-refractivity contribution in [1.82, 2.24) is 24.8 Å². The van der Waals surface area contributed by atoms with Crippen molar-refractivity contribution in [2.24, 2.45) is 0 Å². The van der Waals surface area contributed by atoms with E-state index in [4.69, 9.17) is 12.2 Å². The highest BCUT2D eigenvalue weighted by molar-refractivity contribution is 7.80. The van der Waals surface area contributed by atoms with E-state index in [9.17, 15) is 0 Å². The third-order valence-electron chi connectivity index (χ3n) is 6.71. The smallest absolute Gasteiger partial charge is 0.170 e. The van der Waals surface area contributed by atoms with Gasteiger partial charge in [0, 0.05) is 23.8 Å². The van der Waals surface area contributed by atoms with Gasteiger partial charge < -0.3 is 14.8 Å². The maximum atomic E-state index is 5.86. The van der Waals surface area contributed by atoms with Gasteiger partial charge in [-0.15, -0.1) is 0 Å². The fourth-order valence-corrected chi connectivity index (χ4v) is 5.48. The van der Waals surface area contributed by atoms with Crippen LogP contribution in [0, 0.1) is 27.7 Å². The summed E-state index contributed by atoms with van der Waals surface area (Å²) in [5.74, 6) is 0. The summed E-state index contributed by atoms with van der Waals surface area (Å²) < 4.78 is 2.38. The molecule has 1 saturated heterocycles. The molecule has 0 spiro atoms. The number of pyridine rings is 2. The fourth-order valence-electron chi connectivity index (χ4n) is 5.17. The third kappa shape index (κ3) is 3.88. The Labute approximate surface area is 206 Å². The summed E-state index contributed by atoms with van der Waals surface area (Å²) in [6, 6.07) is 20.8. The van der Waals surface area contributed by atoms with Gasteiger partial charge in [0.05, 0.1) is 35.7 Å². The molecule has 1 N–H and O–H groups in total. The van der Waals surface area contributed by atoms with E-state index in [1.165, 1.54) is 33.8 Å². The first-order valence-electron chi connectivity index (χ1n) is 11.6.